The van der Waals surface area contributed by atoms with Crippen molar-refractivity contribution in [3.63, 3.8) is 0 Å². The second kappa shape index (κ2) is 8.46. The molecule has 1 heterocycles. The van der Waals surface area contributed by atoms with Crippen molar-refractivity contribution in [1.82, 2.24) is 9.62 Å². The van der Waals surface area contributed by atoms with Crippen LogP contribution in [0.3, 0.4) is 0 Å². The molecule has 0 radical (unpaired) electrons. The minimum Gasteiger partial charge on any atom is -0.353 e. The predicted molar refractivity (Wildman–Crippen MR) is 103 cm³/mol. The molecule has 0 aromatic heterocycles. The number of amides is 1. The van der Waals surface area contributed by atoms with Crippen molar-refractivity contribution in [2.24, 2.45) is 5.92 Å². The van der Waals surface area contributed by atoms with E-state index in [-0.39, 0.29) is 34.3 Å². The van der Waals surface area contributed by atoms with Gasteiger partial charge in [0.2, 0.25) is 15.9 Å². The summed E-state index contributed by atoms with van der Waals surface area (Å²) in [5, 5.41) is 3.57. The number of benzene rings is 1. The summed E-state index contributed by atoms with van der Waals surface area (Å²) >= 11 is 12.0. The van der Waals surface area contributed by atoms with Gasteiger partial charge in [-0.15, -0.1) is 0 Å². The highest BCUT2D eigenvalue weighted by Gasteiger charge is 2.35. The van der Waals surface area contributed by atoms with E-state index < -0.39 is 10.0 Å². The van der Waals surface area contributed by atoms with Gasteiger partial charge in [0.1, 0.15) is 4.90 Å². The lowest BCUT2D eigenvalue weighted by Gasteiger charge is -2.33. The van der Waals surface area contributed by atoms with Crippen LogP contribution in [0, 0.1) is 5.92 Å². The van der Waals surface area contributed by atoms with Gasteiger partial charge in [-0.1, -0.05) is 42.5 Å². The summed E-state index contributed by atoms with van der Waals surface area (Å²) in [7, 11) is -3.78. The molecule has 1 aromatic rings. The molecule has 3 rings (SSSR count). The highest BCUT2D eigenvalue weighted by atomic mass is 35.5. The summed E-state index contributed by atoms with van der Waals surface area (Å²) < 4.78 is 27.3. The number of sulfonamides is 1. The molecular weight excluding hydrogens is 395 g/mol. The number of rotatable bonds is 4. The Morgan fingerprint density at radius 2 is 1.81 bits per heavy atom. The Hall–Kier alpha value is -0.820. The molecule has 8 heteroatoms. The van der Waals surface area contributed by atoms with Crippen LogP contribution in [0.1, 0.15) is 44.9 Å². The van der Waals surface area contributed by atoms with Crippen LogP contribution in [-0.2, 0) is 14.8 Å². The summed E-state index contributed by atoms with van der Waals surface area (Å²) in [5.41, 5.74) is 0. The molecule has 1 amide bonds. The maximum atomic E-state index is 13.0. The van der Waals surface area contributed by atoms with Crippen LogP contribution >= 0.6 is 23.2 Å². The molecule has 5 nitrogen and oxygen atoms in total. The molecule has 1 atom stereocenters. The second-order valence-corrected chi connectivity index (χ2v) is 9.87. The highest BCUT2D eigenvalue weighted by molar-refractivity contribution is 7.89. The Balaban J connectivity index is 1.71. The summed E-state index contributed by atoms with van der Waals surface area (Å²) in [6.07, 6.45) is 6.89. The largest absolute Gasteiger partial charge is 0.353 e. The van der Waals surface area contributed by atoms with Gasteiger partial charge < -0.3 is 5.32 Å². The zero-order chi connectivity index (χ0) is 18.7. The lowest BCUT2D eigenvalue weighted by Crippen LogP contribution is -2.47. The van der Waals surface area contributed by atoms with E-state index in [1.165, 1.54) is 22.9 Å². The molecular formula is C18H24Cl2N2O3S. The van der Waals surface area contributed by atoms with Crippen molar-refractivity contribution in [3.8, 4) is 0 Å². The molecule has 1 saturated carbocycles. The smallest absolute Gasteiger partial charge is 0.244 e. The average Bonchev–Trinajstić information content (AvgIpc) is 2.64. The molecule has 0 spiro atoms. The Morgan fingerprint density at radius 3 is 2.54 bits per heavy atom. The summed E-state index contributed by atoms with van der Waals surface area (Å²) in [5.74, 6) is -0.354. The maximum Gasteiger partial charge on any atom is 0.244 e. The first kappa shape index (κ1) is 19.9. The molecule has 144 valence electrons. The van der Waals surface area contributed by atoms with Crippen LogP contribution in [0.5, 0.6) is 0 Å². The molecule has 2 aliphatic rings. The van der Waals surface area contributed by atoms with Crippen LogP contribution in [0.4, 0.5) is 0 Å². The van der Waals surface area contributed by atoms with Crippen LogP contribution < -0.4 is 5.32 Å². The van der Waals surface area contributed by atoms with E-state index in [1.807, 2.05) is 0 Å². The summed E-state index contributed by atoms with van der Waals surface area (Å²) in [6, 6.07) is 4.63. The lowest BCUT2D eigenvalue weighted by atomic mass is 9.93. The fourth-order valence-corrected chi connectivity index (χ4v) is 6.02. The van der Waals surface area contributed by atoms with Crippen LogP contribution in [0.15, 0.2) is 23.1 Å². The van der Waals surface area contributed by atoms with Crippen molar-refractivity contribution >= 4 is 39.1 Å². The van der Waals surface area contributed by atoms with Gasteiger partial charge in [-0.3, -0.25) is 4.79 Å². The van der Waals surface area contributed by atoms with Crippen molar-refractivity contribution in [2.75, 3.05) is 13.1 Å². The van der Waals surface area contributed by atoms with Crippen molar-refractivity contribution in [1.29, 1.82) is 0 Å². The number of carbonyl (C=O) groups excluding carboxylic acids is 1. The third-order valence-corrected chi connectivity index (χ3v) is 7.80. The third-order valence-electron chi connectivity index (χ3n) is 5.22. The van der Waals surface area contributed by atoms with E-state index in [4.69, 9.17) is 23.2 Å². The fourth-order valence-electron chi connectivity index (χ4n) is 3.75. The van der Waals surface area contributed by atoms with E-state index in [2.05, 4.69) is 5.32 Å². The zero-order valence-electron chi connectivity index (χ0n) is 14.6. The number of nitrogens with one attached hydrogen (secondary N) is 1. The van der Waals surface area contributed by atoms with Crippen molar-refractivity contribution in [3.05, 3.63) is 28.2 Å². The van der Waals surface area contributed by atoms with Crippen LogP contribution in [0.2, 0.25) is 10.0 Å². The Morgan fingerprint density at radius 1 is 1.08 bits per heavy atom. The first-order chi connectivity index (χ1) is 12.4. The predicted octanol–water partition coefficient (Wildman–Crippen LogP) is 3.84. The standard InChI is InChI=1S/C18H24Cl2N2O3S/c19-14-8-9-16(20)17(11-14)26(24,25)22-10-4-5-13(12-22)18(23)21-15-6-2-1-3-7-15/h8-9,11,13,15H,1-7,10,12H2,(H,21,23)/t13-/m1/s1. The topological polar surface area (TPSA) is 66.5 Å². The van der Waals surface area contributed by atoms with E-state index in [0.717, 1.165) is 25.7 Å². The van der Waals surface area contributed by atoms with Crippen LogP contribution in [0.25, 0.3) is 0 Å². The third kappa shape index (κ3) is 4.53. The Labute approximate surface area is 165 Å². The van der Waals surface area contributed by atoms with Gasteiger partial charge >= 0.3 is 0 Å². The monoisotopic (exact) mass is 418 g/mol. The average molecular weight is 419 g/mol. The van der Waals surface area contributed by atoms with Crippen LogP contribution in [-0.4, -0.2) is 37.8 Å². The zero-order valence-corrected chi connectivity index (χ0v) is 16.9. The van der Waals surface area contributed by atoms with Crippen molar-refractivity contribution < 1.29 is 13.2 Å². The number of halogens is 2. The number of carbonyl (C=O) groups is 1. The van der Waals surface area contributed by atoms with Gasteiger partial charge in [0.05, 0.1) is 10.9 Å². The van der Waals surface area contributed by atoms with Gasteiger partial charge in [0.15, 0.2) is 0 Å². The van der Waals surface area contributed by atoms with Gasteiger partial charge in [-0.2, -0.15) is 4.31 Å². The molecule has 1 saturated heterocycles. The van der Waals surface area contributed by atoms with Gasteiger partial charge in [-0.05, 0) is 43.9 Å². The summed E-state index contributed by atoms with van der Waals surface area (Å²) in [4.78, 5) is 12.6. The molecule has 1 N–H and O–H groups in total. The van der Waals surface area contributed by atoms with E-state index >= 15 is 0 Å². The molecule has 26 heavy (non-hydrogen) atoms. The molecule has 1 aliphatic carbocycles. The number of hydrogen-bond donors (Lipinski definition) is 1. The van der Waals surface area contributed by atoms with Gasteiger partial charge in [-0.25, -0.2) is 8.42 Å². The first-order valence-electron chi connectivity index (χ1n) is 9.13. The molecule has 1 aromatic carbocycles. The molecule has 1 aliphatic heterocycles. The normalized spacial score (nSPS) is 22.9. The first-order valence-corrected chi connectivity index (χ1v) is 11.3. The summed E-state index contributed by atoms with van der Waals surface area (Å²) in [6.45, 7) is 0.572. The second-order valence-electron chi connectivity index (χ2n) is 7.12. The maximum absolute atomic E-state index is 13.0. The van der Waals surface area contributed by atoms with Gasteiger partial charge in [0, 0.05) is 24.2 Å². The minimum absolute atomic E-state index is 0.00000495. The number of piperidine rings is 1. The van der Waals surface area contributed by atoms with E-state index in [0.29, 0.717) is 24.4 Å². The van der Waals surface area contributed by atoms with Gasteiger partial charge in [0.25, 0.3) is 0 Å². The SMILES string of the molecule is O=C(NC1CCCCC1)[C@@H]1CCCN(S(=O)(=O)c2cc(Cl)ccc2Cl)C1. The fraction of sp³-hybridized carbons (Fsp3) is 0.611. The minimum atomic E-state index is -3.78. The molecule has 2 fully saturated rings. The Kier molecular flexibility index (Phi) is 6.49. The highest BCUT2D eigenvalue weighted by Crippen LogP contribution is 2.30. The quantitative estimate of drug-likeness (QED) is 0.807. The molecule has 0 bridgehead atoms. The number of nitrogens with zero attached hydrogens (tertiary/aromatic N) is 1. The Bertz CT molecular complexity index is 764. The lowest BCUT2D eigenvalue weighted by molar-refractivity contribution is -0.127. The number of hydrogen-bond acceptors (Lipinski definition) is 3. The molecule has 0 unspecified atom stereocenters. The van der Waals surface area contributed by atoms with E-state index in [9.17, 15) is 13.2 Å². The van der Waals surface area contributed by atoms with E-state index in [1.54, 1.807) is 6.07 Å². The van der Waals surface area contributed by atoms with Crippen molar-refractivity contribution in [2.45, 2.75) is 55.9 Å².